The van der Waals surface area contributed by atoms with Crippen molar-refractivity contribution in [1.82, 2.24) is 9.97 Å². The third-order valence-corrected chi connectivity index (χ3v) is 4.34. The first-order valence-electron chi connectivity index (χ1n) is 8.59. The molecule has 0 bridgehead atoms. The van der Waals surface area contributed by atoms with E-state index in [0.29, 0.717) is 17.6 Å². The van der Waals surface area contributed by atoms with Gasteiger partial charge in [0.15, 0.2) is 0 Å². The van der Waals surface area contributed by atoms with E-state index in [1.54, 1.807) is 24.4 Å². The van der Waals surface area contributed by atoms with E-state index >= 15 is 0 Å². The highest BCUT2D eigenvalue weighted by Gasteiger charge is 2.19. The Balaban J connectivity index is 1.42. The minimum Gasteiger partial charge on any atom is -0.439 e. The molecule has 0 saturated carbocycles. The van der Waals surface area contributed by atoms with Crippen LogP contribution in [0.15, 0.2) is 66.9 Å². The summed E-state index contributed by atoms with van der Waals surface area (Å²) in [5, 5.41) is 0. The lowest BCUT2D eigenvalue weighted by molar-refractivity contribution is 0.459. The van der Waals surface area contributed by atoms with Gasteiger partial charge in [-0.15, -0.1) is 0 Å². The average molecular weight is 350 g/mol. The van der Waals surface area contributed by atoms with Gasteiger partial charge < -0.3 is 14.5 Å². The maximum absolute atomic E-state index is 13.0. The van der Waals surface area contributed by atoms with Gasteiger partial charge in [0, 0.05) is 44.1 Å². The highest BCUT2D eigenvalue weighted by molar-refractivity contribution is 5.48. The Labute approximate surface area is 151 Å². The normalized spacial score (nSPS) is 14.3. The highest BCUT2D eigenvalue weighted by Crippen LogP contribution is 2.22. The Bertz CT molecular complexity index is 849. The fourth-order valence-corrected chi connectivity index (χ4v) is 2.97. The molecule has 0 spiro atoms. The second-order valence-electron chi connectivity index (χ2n) is 6.06. The predicted molar refractivity (Wildman–Crippen MR) is 99.4 cm³/mol. The molecule has 132 valence electrons. The van der Waals surface area contributed by atoms with Crippen molar-refractivity contribution in [1.29, 1.82) is 0 Å². The fraction of sp³-hybridized carbons (Fsp3) is 0.200. The van der Waals surface area contributed by atoms with Crippen LogP contribution in [0.2, 0.25) is 0 Å². The molecule has 2 aromatic carbocycles. The van der Waals surface area contributed by atoms with Gasteiger partial charge in [-0.05, 0) is 36.4 Å². The maximum Gasteiger partial charge on any atom is 0.228 e. The Morgan fingerprint density at radius 1 is 0.808 bits per heavy atom. The summed E-state index contributed by atoms with van der Waals surface area (Å²) in [5.41, 5.74) is 1.24. The number of hydrogen-bond donors (Lipinski definition) is 0. The third-order valence-electron chi connectivity index (χ3n) is 4.34. The van der Waals surface area contributed by atoms with E-state index in [0.717, 1.165) is 26.2 Å². The van der Waals surface area contributed by atoms with Gasteiger partial charge in [-0.25, -0.2) is 9.37 Å². The molecule has 0 aliphatic carbocycles. The standard InChI is InChI=1S/C20H19FN4O/c21-16-6-8-18(9-7-16)26-19-10-11-22-20(23-19)25-14-12-24(13-15-25)17-4-2-1-3-5-17/h1-11H,12-15H2. The van der Waals surface area contributed by atoms with Gasteiger partial charge in [0.05, 0.1) is 0 Å². The zero-order chi connectivity index (χ0) is 17.8. The second-order valence-corrected chi connectivity index (χ2v) is 6.06. The molecule has 1 saturated heterocycles. The Kier molecular flexibility index (Phi) is 4.64. The molecule has 26 heavy (non-hydrogen) atoms. The number of piperazine rings is 1. The van der Waals surface area contributed by atoms with E-state index in [1.807, 2.05) is 6.07 Å². The number of para-hydroxylation sites is 1. The molecule has 4 rings (SSSR count). The van der Waals surface area contributed by atoms with Gasteiger partial charge in [-0.3, -0.25) is 0 Å². The summed E-state index contributed by atoms with van der Waals surface area (Å²) in [5.74, 6) is 1.35. The van der Waals surface area contributed by atoms with Crippen molar-refractivity contribution in [3.63, 3.8) is 0 Å². The number of aromatic nitrogens is 2. The largest absolute Gasteiger partial charge is 0.439 e. The number of halogens is 1. The van der Waals surface area contributed by atoms with Crippen LogP contribution in [0.5, 0.6) is 11.6 Å². The molecule has 1 fully saturated rings. The van der Waals surface area contributed by atoms with Gasteiger partial charge in [-0.1, -0.05) is 18.2 Å². The van der Waals surface area contributed by atoms with Gasteiger partial charge in [0.25, 0.3) is 0 Å². The summed E-state index contributed by atoms with van der Waals surface area (Å²) in [6, 6.07) is 18.0. The summed E-state index contributed by atoms with van der Waals surface area (Å²) in [7, 11) is 0. The van der Waals surface area contributed by atoms with Crippen LogP contribution >= 0.6 is 0 Å². The van der Waals surface area contributed by atoms with Crippen LogP contribution in [0.1, 0.15) is 0 Å². The lowest BCUT2D eigenvalue weighted by atomic mass is 10.2. The van der Waals surface area contributed by atoms with Crippen molar-refractivity contribution in [2.24, 2.45) is 0 Å². The number of hydrogen-bond acceptors (Lipinski definition) is 5. The molecular formula is C20H19FN4O. The van der Waals surface area contributed by atoms with Crippen molar-refractivity contribution in [2.75, 3.05) is 36.0 Å². The number of anilines is 2. The van der Waals surface area contributed by atoms with Gasteiger partial charge >= 0.3 is 0 Å². The van der Waals surface area contributed by atoms with Crippen molar-refractivity contribution in [2.45, 2.75) is 0 Å². The predicted octanol–water partition coefficient (Wildman–Crippen LogP) is 3.73. The minimum absolute atomic E-state index is 0.294. The SMILES string of the molecule is Fc1ccc(Oc2ccnc(N3CCN(c4ccccc4)CC3)n2)cc1. The van der Waals surface area contributed by atoms with Gasteiger partial charge in [0.1, 0.15) is 11.6 Å². The van der Waals surface area contributed by atoms with Crippen LogP contribution in [-0.4, -0.2) is 36.1 Å². The maximum atomic E-state index is 13.0. The molecule has 6 heteroatoms. The van der Waals surface area contributed by atoms with Crippen LogP contribution in [0.3, 0.4) is 0 Å². The summed E-state index contributed by atoms with van der Waals surface area (Å²) in [6.07, 6.45) is 1.69. The quantitative estimate of drug-likeness (QED) is 0.717. The molecule has 5 nitrogen and oxygen atoms in total. The van der Waals surface area contributed by atoms with Gasteiger partial charge in [-0.2, -0.15) is 4.98 Å². The van der Waals surface area contributed by atoms with E-state index in [-0.39, 0.29) is 5.82 Å². The summed E-state index contributed by atoms with van der Waals surface area (Å²) in [6.45, 7) is 3.51. The van der Waals surface area contributed by atoms with E-state index in [4.69, 9.17) is 4.74 Å². The average Bonchev–Trinajstić information content (AvgIpc) is 2.71. The third kappa shape index (κ3) is 3.74. The molecule has 1 aromatic heterocycles. The van der Waals surface area contributed by atoms with Crippen molar-refractivity contribution in [3.05, 3.63) is 72.7 Å². The number of rotatable bonds is 4. The summed E-state index contributed by atoms with van der Waals surface area (Å²) < 4.78 is 18.7. The van der Waals surface area contributed by atoms with Crippen molar-refractivity contribution in [3.8, 4) is 11.6 Å². The minimum atomic E-state index is -0.294. The first kappa shape index (κ1) is 16.3. The Hall–Kier alpha value is -3.15. The number of benzene rings is 2. The zero-order valence-electron chi connectivity index (χ0n) is 14.3. The Morgan fingerprint density at radius 2 is 1.50 bits per heavy atom. The summed E-state index contributed by atoms with van der Waals surface area (Å²) in [4.78, 5) is 13.4. The molecule has 0 N–H and O–H groups in total. The topological polar surface area (TPSA) is 41.5 Å². The molecular weight excluding hydrogens is 331 g/mol. The van der Waals surface area contributed by atoms with Crippen molar-refractivity contribution >= 4 is 11.6 Å². The lowest BCUT2D eigenvalue weighted by Crippen LogP contribution is -2.47. The molecule has 0 radical (unpaired) electrons. The molecule has 0 unspecified atom stereocenters. The number of nitrogens with zero attached hydrogens (tertiary/aromatic N) is 4. The molecule has 2 heterocycles. The first-order valence-corrected chi connectivity index (χ1v) is 8.59. The molecule has 0 atom stereocenters. The molecule has 1 aliphatic heterocycles. The lowest BCUT2D eigenvalue weighted by Gasteiger charge is -2.36. The fourth-order valence-electron chi connectivity index (χ4n) is 2.97. The number of ether oxygens (including phenoxy) is 1. The second kappa shape index (κ2) is 7.39. The van der Waals surface area contributed by atoms with Crippen LogP contribution in [0.4, 0.5) is 16.0 Å². The highest BCUT2D eigenvalue weighted by atomic mass is 19.1. The van der Waals surface area contributed by atoms with Crippen LogP contribution in [-0.2, 0) is 0 Å². The Morgan fingerprint density at radius 3 is 2.23 bits per heavy atom. The van der Waals surface area contributed by atoms with Crippen LogP contribution in [0.25, 0.3) is 0 Å². The van der Waals surface area contributed by atoms with E-state index < -0.39 is 0 Å². The smallest absolute Gasteiger partial charge is 0.228 e. The summed E-state index contributed by atoms with van der Waals surface area (Å²) >= 11 is 0. The monoisotopic (exact) mass is 350 g/mol. The van der Waals surface area contributed by atoms with E-state index in [2.05, 4.69) is 44.0 Å². The van der Waals surface area contributed by atoms with Crippen LogP contribution < -0.4 is 14.5 Å². The molecule has 0 amide bonds. The molecule has 1 aliphatic rings. The van der Waals surface area contributed by atoms with Crippen LogP contribution in [0, 0.1) is 5.82 Å². The van der Waals surface area contributed by atoms with Crippen molar-refractivity contribution < 1.29 is 9.13 Å². The van der Waals surface area contributed by atoms with E-state index in [1.165, 1.54) is 17.8 Å². The van der Waals surface area contributed by atoms with E-state index in [9.17, 15) is 4.39 Å². The zero-order valence-corrected chi connectivity index (χ0v) is 14.3. The first-order chi connectivity index (χ1) is 12.8. The van der Waals surface area contributed by atoms with Gasteiger partial charge in [0.2, 0.25) is 11.8 Å². The molecule has 3 aromatic rings.